The maximum atomic E-state index is 12.5. The Labute approximate surface area is 162 Å². The van der Waals surface area contributed by atoms with Crippen molar-refractivity contribution < 1.29 is 4.79 Å². The summed E-state index contributed by atoms with van der Waals surface area (Å²) in [6, 6.07) is 2.18. The van der Waals surface area contributed by atoms with Gasteiger partial charge in [-0.15, -0.1) is 24.2 Å². The molecule has 0 spiro atoms. The average molecular weight is 395 g/mol. The molecule has 1 amide bonds. The topological polar surface area (TPSA) is 99.9 Å². The summed E-state index contributed by atoms with van der Waals surface area (Å²) in [7, 11) is 0. The molecule has 4 rings (SSSR count). The Balaban J connectivity index is 0.00000196. The predicted octanol–water partition coefficient (Wildman–Crippen LogP) is 2.02. The molecule has 9 heteroatoms. The molecule has 0 unspecified atom stereocenters. The first kappa shape index (κ1) is 19.0. The zero-order valence-electron chi connectivity index (χ0n) is 14.4. The third kappa shape index (κ3) is 3.82. The zero-order chi connectivity index (χ0) is 17.2. The molecule has 7 nitrogen and oxygen atoms in total. The Morgan fingerprint density at radius 3 is 3.12 bits per heavy atom. The number of anilines is 1. The highest BCUT2D eigenvalue weighted by molar-refractivity contribution is 8.04. The first-order valence-electron chi connectivity index (χ1n) is 8.65. The van der Waals surface area contributed by atoms with Gasteiger partial charge in [0.1, 0.15) is 17.8 Å². The van der Waals surface area contributed by atoms with E-state index >= 15 is 0 Å². The van der Waals surface area contributed by atoms with E-state index in [2.05, 4.69) is 20.3 Å². The Morgan fingerprint density at radius 2 is 2.31 bits per heavy atom. The van der Waals surface area contributed by atoms with Crippen LogP contribution >= 0.6 is 24.2 Å². The standard InChI is InChI=1S/C17H22N6OS.ClH/c18-13-3-1-2-11(13)8-20-17(24)14-9-23(6-7-25-14)16-12-4-5-19-15(12)21-10-22-16;/h4-5,9-11,13H,1-3,6-8,18H2,(H,20,24)(H,19,21,22);1H/t11-,13-;/m0./s1. The van der Waals surface area contributed by atoms with E-state index in [9.17, 15) is 4.79 Å². The number of H-pyrrole nitrogens is 1. The number of rotatable bonds is 4. The highest BCUT2D eigenvalue weighted by Gasteiger charge is 2.25. The van der Waals surface area contributed by atoms with Crippen molar-refractivity contribution in [3.8, 4) is 0 Å². The summed E-state index contributed by atoms with van der Waals surface area (Å²) in [5.74, 6) is 2.05. The smallest absolute Gasteiger partial charge is 0.259 e. The number of carbonyl (C=O) groups is 1. The molecule has 0 saturated heterocycles. The second-order valence-corrected chi connectivity index (χ2v) is 7.67. The number of halogens is 1. The molecule has 2 aliphatic rings. The fourth-order valence-corrected chi connectivity index (χ4v) is 4.42. The Hall–Kier alpha value is -1.77. The second kappa shape index (κ2) is 8.28. The fraction of sp³-hybridized carbons (Fsp3) is 0.471. The molecule has 0 radical (unpaired) electrons. The first-order chi connectivity index (χ1) is 12.2. The number of carbonyl (C=O) groups excluding carboxylic acids is 1. The van der Waals surface area contributed by atoms with Crippen molar-refractivity contribution in [3.63, 3.8) is 0 Å². The summed E-state index contributed by atoms with van der Waals surface area (Å²) in [5.41, 5.74) is 6.89. The maximum absolute atomic E-state index is 12.5. The van der Waals surface area contributed by atoms with E-state index in [0.717, 1.165) is 53.3 Å². The molecule has 2 aromatic heterocycles. The predicted molar refractivity (Wildman–Crippen MR) is 107 cm³/mol. The zero-order valence-corrected chi connectivity index (χ0v) is 16.0. The lowest BCUT2D eigenvalue weighted by molar-refractivity contribution is -0.117. The molecule has 140 valence electrons. The van der Waals surface area contributed by atoms with Gasteiger partial charge in [0.15, 0.2) is 0 Å². The summed E-state index contributed by atoms with van der Waals surface area (Å²) in [6.07, 6.45) is 8.62. The van der Waals surface area contributed by atoms with Crippen molar-refractivity contribution in [2.45, 2.75) is 25.3 Å². The normalized spacial score (nSPS) is 22.8. The Kier molecular flexibility index (Phi) is 6.05. The van der Waals surface area contributed by atoms with E-state index in [1.807, 2.05) is 23.4 Å². The van der Waals surface area contributed by atoms with Crippen LogP contribution in [0.4, 0.5) is 5.82 Å². The van der Waals surface area contributed by atoms with Crippen LogP contribution in [-0.4, -0.2) is 45.7 Å². The molecular formula is C17H23ClN6OS. The van der Waals surface area contributed by atoms with Crippen molar-refractivity contribution in [2.24, 2.45) is 11.7 Å². The monoisotopic (exact) mass is 394 g/mol. The number of fused-ring (bicyclic) bond motifs is 1. The van der Waals surface area contributed by atoms with Crippen molar-refractivity contribution >= 4 is 46.9 Å². The number of hydrogen-bond acceptors (Lipinski definition) is 6. The number of amides is 1. The van der Waals surface area contributed by atoms with Gasteiger partial charge in [-0.2, -0.15) is 0 Å². The first-order valence-corrected chi connectivity index (χ1v) is 9.64. The quantitative estimate of drug-likeness (QED) is 0.733. The number of nitrogens with zero attached hydrogens (tertiary/aromatic N) is 3. The van der Waals surface area contributed by atoms with Gasteiger partial charge in [0.25, 0.3) is 5.91 Å². The van der Waals surface area contributed by atoms with Gasteiger partial charge in [0.05, 0.1) is 10.3 Å². The Bertz CT molecular complexity index is 809. The van der Waals surface area contributed by atoms with Gasteiger partial charge >= 0.3 is 0 Å². The van der Waals surface area contributed by atoms with Crippen LogP contribution in [0.5, 0.6) is 0 Å². The Morgan fingerprint density at radius 1 is 1.42 bits per heavy atom. The number of aromatic nitrogens is 3. The molecule has 1 fully saturated rings. The van der Waals surface area contributed by atoms with Crippen LogP contribution in [0.1, 0.15) is 19.3 Å². The summed E-state index contributed by atoms with van der Waals surface area (Å²) in [6.45, 7) is 1.47. The number of aromatic amines is 1. The fourth-order valence-electron chi connectivity index (χ4n) is 3.51. The van der Waals surface area contributed by atoms with Gasteiger partial charge in [-0.25, -0.2) is 9.97 Å². The minimum atomic E-state index is -0.0202. The van der Waals surface area contributed by atoms with Crippen LogP contribution < -0.4 is 16.0 Å². The minimum Gasteiger partial charge on any atom is -0.351 e. The van der Waals surface area contributed by atoms with E-state index in [4.69, 9.17) is 5.73 Å². The van der Waals surface area contributed by atoms with Crippen molar-refractivity contribution in [3.05, 3.63) is 29.7 Å². The summed E-state index contributed by atoms with van der Waals surface area (Å²) in [4.78, 5) is 27.0. The lowest BCUT2D eigenvalue weighted by atomic mass is 10.1. The third-order valence-electron chi connectivity index (χ3n) is 4.93. The van der Waals surface area contributed by atoms with Gasteiger partial charge in [0.2, 0.25) is 0 Å². The van der Waals surface area contributed by atoms with Crippen molar-refractivity contribution in [1.82, 2.24) is 20.3 Å². The van der Waals surface area contributed by atoms with Crippen LogP contribution in [0.3, 0.4) is 0 Å². The molecular weight excluding hydrogens is 372 g/mol. The van der Waals surface area contributed by atoms with Crippen molar-refractivity contribution in [1.29, 1.82) is 0 Å². The lowest BCUT2D eigenvalue weighted by Crippen LogP contribution is -2.37. The van der Waals surface area contributed by atoms with E-state index in [1.54, 1.807) is 18.1 Å². The molecule has 26 heavy (non-hydrogen) atoms. The number of hydrogen-bond donors (Lipinski definition) is 3. The van der Waals surface area contributed by atoms with Crippen LogP contribution in [0, 0.1) is 5.92 Å². The largest absolute Gasteiger partial charge is 0.351 e. The molecule has 1 saturated carbocycles. The maximum Gasteiger partial charge on any atom is 0.259 e. The van der Waals surface area contributed by atoms with Gasteiger partial charge in [-0.3, -0.25) is 4.79 Å². The van der Waals surface area contributed by atoms with Crippen LogP contribution in [0.15, 0.2) is 29.7 Å². The molecule has 2 atom stereocenters. The average Bonchev–Trinajstić information content (AvgIpc) is 3.28. The number of nitrogens with two attached hydrogens (primary N) is 1. The summed E-state index contributed by atoms with van der Waals surface area (Å²) >= 11 is 1.59. The molecule has 4 N–H and O–H groups in total. The molecule has 0 bridgehead atoms. The van der Waals surface area contributed by atoms with E-state index in [1.165, 1.54) is 0 Å². The highest BCUT2D eigenvalue weighted by atomic mass is 35.5. The van der Waals surface area contributed by atoms with Gasteiger partial charge in [0, 0.05) is 37.3 Å². The van der Waals surface area contributed by atoms with Crippen LogP contribution in [-0.2, 0) is 4.79 Å². The van der Waals surface area contributed by atoms with Gasteiger partial charge in [-0.05, 0) is 24.8 Å². The van der Waals surface area contributed by atoms with Crippen molar-refractivity contribution in [2.75, 3.05) is 23.7 Å². The molecule has 1 aliphatic carbocycles. The number of thioether (sulfide) groups is 1. The summed E-state index contributed by atoms with van der Waals surface area (Å²) < 4.78 is 0. The highest BCUT2D eigenvalue weighted by Crippen LogP contribution is 2.29. The van der Waals surface area contributed by atoms with Gasteiger partial charge in [-0.1, -0.05) is 6.42 Å². The van der Waals surface area contributed by atoms with E-state index in [0.29, 0.717) is 12.5 Å². The summed E-state index contributed by atoms with van der Waals surface area (Å²) in [5, 5.41) is 4.02. The minimum absolute atomic E-state index is 0. The van der Waals surface area contributed by atoms with Crippen LogP contribution in [0.2, 0.25) is 0 Å². The number of nitrogens with one attached hydrogen (secondary N) is 2. The van der Waals surface area contributed by atoms with E-state index < -0.39 is 0 Å². The SMILES string of the molecule is Cl.N[C@H]1CCC[C@H]1CNC(=O)C1=CN(c2ncnc3[nH]ccc23)CCS1. The second-order valence-electron chi connectivity index (χ2n) is 6.54. The lowest BCUT2D eigenvalue weighted by Gasteiger charge is -2.26. The molecule has 1 aliphatic heterocycles. The molecule has 3 heterocycles. The van der Waals surface area contributed by atoms with E-state index in [-0.39, 0.29) is 24.4 Å². The third-order valence-corrected chi connectivity index (χ3v) is 5.92. The van der Waals surface area contributed by atoms with Crippen LogP contribution in [0.25, 0.3) is 11.0 Å². The molecule has 0 aromatic carbocycles. The van der Waals surface area contributed by atoms with Gasteiger partial charge < -0.3 is 20.9 Å². The molecule has 2 aromatic rings.